The van der Waals surface area contributed by atoms with Crippen LogP contribution in [-0.2, 0) is 30.8 Å². The van der Waals surface area contributed by atoms with Gasteiger partial charge in [0.1, 0.15) is 0 Å². The van der Waals surface area contributed by atoms with Crippen molar-refractivity contribution in [3.63, 3.8) is 0 Å². The maximum atomic E-state index is 9.88. The van der Waals surface area contributed by atoms with Crippen molar-refractivity contribution in [2.24, 2.45) is 0 Å². The first kappa shape index (κ1) is 64.6. The Bertz CT molecular complexity index is 1640. The quantitative estimate of drug-likeness (QED) is 0.0121. The second-order valence-electron chi connectivity index (χ2n) is 20.1. The van der Waals surface area contributed by atoms with Gasteiger partial charge in [-0.3, -0.25) is 0 Å². The molecule has 394 valence electrons. The van der Waals surface area contributed by atoms with E-state index in [9.17, 15) is 5.53 Å². The normalized spacial score (nSPS) is 11.3. The third-order valence-corrected chi connectivity index (χ3v) is 15.9. The van der Waals surface area contributed by atoms with Crippen molar-refractivity contribution in [1.82, 2.24) is 0 Å². The summed E-state index contributed by atoms with van der Waals surface area (Å²) in [4.78, 5) is 6.54. The average Bonchev–Trinajstić information content (AvgIpc) is 3.37. The molecule has 0 saturated heterocycles. The molecule has 0 radical (unpaired) electrons. The van der Waals surface area contributed by atoms with Crippen LogP contribution in [0.15, 0.2) is 59.7 Å². The Morgan fingerprint density at radius 3 is 1.46 bits per heavy atom. The number of aryl methyl sites for hydroxylation is 2. The number of hydrogen-bond donors (Lipinski definition) is 0. The molecule has 0 atom stereocenters. The molecule has 0 fully saturated rings. The van der Waals surface area contributed by atoms with Crippen molar-refractivity contribution in [2.75, 3.05) is 0 Å². The van der Waals surface area contributed by atoms with Crippen molar-refractivity contribution < 1.29 is 22.8 Å². The van der Waals surface area contributed by atoms with Crippen LogP contribution in [0.25, 0.3) is 11.1 Å². The molecule has 69 heavy (non-hydrogen) atoms. The number of rotatable bonds is 44. The van der Waals surface area contributed by atoms with E-state index in [1.165, 1.54) is 242 Å². The first-order valence-corrected chi connectivity index (χ1v) is 32.1. The van der Waals surface area contributed by atoms with Gasteiger partial charge in [-0.15, -0.1) is 16.6 Å². The van der Waals surface area contributed by atoms with E-state index in [1.54, 1.807) is 0 Å². The van der Waals surface area contributed by atoms with Gasteiger partial charge in [-0.2, -0.15) is 0 Å². The molecule has 2 rings (SSSR count). The van der Waals surface area contributed by atoms with Crippen LogP contribution in [0.1, 0.15) is 308 Å². The molecular formula is C66H110N2Pd. The average molecular weight is 1040 g/mol. The van der Waals surface area contributed by atoms with Gasteiger partial charge in [-0.25, -0.2) is 0 Å². The molecule has 0 aromatic heterocycles. The summed E-state index contributed by atoms with van der Waals surface area (Å²) in [5, 5.41) is 0. The molecule has 2 aromatic rings. The SMILES string of the molecule is CCCCCCCCCCCCCCCCCCCCCCC#CCCc1ccccc1C(=C(CCCC)C(=C=[N+]=[N-])CCCCCC)c1cccc(CCCCCC)c1.CCC[CH2][Pd][CH2]CCC. The summed E-state index contributed by atoms with van der Waals surface area (Å²) in [6, 6.07) is 18.3. The predicted octanol–water partition coefficient (Wildman–Crippen LogP) is 22.3. The van der Waals surface area contributed by atoms with Crippen molar-refractivity contribution in [3.05, 3.63) is 87.5 Å². The van der Waals surface area contributed by atoms with Crippen molar-refractivity contribution >= 4 is 11.4 Å². The molecule has 0 aliphatic carbocycles. The Morgan fingerprint density at radius 2 is 0.928 bits per heavy atom. The molecule has 0 aliphatic rings. The Morgan fingerprint density at radius 1 is 0.449 bits per heavy atom. The number of benzene rings is 2. The Kier molecular flexibility index (Phi) is 47.3. The molecule has 2 nitrogen and oxygen atoms in total. The molecule has 0 amide bonds. The van der Waals surface area contributed by atoms with E-state index >= 15 is 0 Å². The molecule has 2 aromatic carbocycles. The molecule has 0 saturated carbocycles. The third-order valence-electron chi connectivity index (χ3n) is 13.7. The molecule has 0 heterocycles. The summed E-state index contributed by atoms with van der Waals surface area (Å²) in [6.07, 6.45) is 51.8. The van der Waals surface area contributed by atoms with Crippen LogP contribution < -0.4 is 0 Å². The molecule has 0 bridgehead atoms. The standard InChI is InChI=1S/C58H92N2.2C4H9.Pd/c1-5-9-13-16-17-18-19-20-21-22-23-24-25-26-27-28-29-30-31-32-33-34-35-38-44-53-45-39-40-49-56(53)58(54-47-41-43-52(50-54)42-36-14-10-6-2)57(48-12-8-4)55(51-60-59)46-37-15-11-7-3;2*1-3-4-2;/h39-41,43,45,47,49-50H,5-33,36-38,42,44,46,48H2,1-4H3;2*1,3-4H2,2H3;. The molecule has 0 unspecified atom stereocenters. The summed E-state index contributed by atoms with van der Waals surface area (Å²) in [6.45, 7) is 13.7. The fraction of sp³-hybridized carbons (Fsp3) is 0.727. The summed E-state index contributed by atoms with van der Waals surface area (Å²) in [5.41, 5.74) is 18.9. The van der Waals surface area contributed by atoms with Gasteiger partial charge < -0.3 is 5.53 Å². The minimum absolute atomic E-state index is 0.878. The summed E-state index contributed by atoms with van der Waals surface area (Å²) < 4.78 is 0. The Hall–Kier alpha value is -2.44. The van der Waals surface area contributed by atoms with E-state index in [0.717, 1.165) is 81.3 Å². The van der Waals surface area contributed by atoms with Crippen molar-refractivity contribution in [2.45, 2.75) is 308 Å². The zero-order valence-corrected chi connectivity index (χ0v) is 48.1. The van der Waals surface area contributed by atoms with Crippen LogP contribution in [0.2, 0.25) is 9.79 Å². The van der Waals surface area contributed by atoms with Crippen LogP contribution in [0.5, 0.6) is 0 Å². The molecular weight excluding hydrogens is 927 g/mol. The number of unbranched alkanes of at least 4 members (excludes halogenated alkanes) is 29. The van der Waals surface area contributed by atoms with Crippen LogP contribution in [-0.4, -0.2) is 10.7 Å². The third kappa shape index (κ3) is 36.2. The van der Waals surface area contributed by atoms with Crippen LogP contribution in [0, 0.1) is 11.8 Å². The summed E-state index contributed by atoms with van der Waals surface area (Å²) in [5.74, 6) is 10.2. The zero-order chi connectivity index (χ0) is 49.9. The number of hydrogen-bond acceptors (Lipinski definition) is 0. The minimum atomic E-state index is 0.878. The van der Waals surface area contributed by atoms with E-state index in [2.05, 4.69) is 113 Å². The van der Waals surface area contributed by atoms with Crippen LogP contribution in [0.3, 0.4) is 0 Å². The van der Waals surface area contributed by atoms with Crippen molar-refractivity contribution in [1.29, 1.82) is 0 Å². The van der Waals surface area contributed by atoms with Gasteiger partial charge in [0, 0.05) is 12.8 Å². The molecule has 0 aliphatic heterocycles. The van der Waals surface area contributed by atoms with Crippen LogP contribution in [0.4, 0.5) is 0 Å². The maximum absolute atomic E-state index is 9.88. The predicted molar refractivity (Wildman–Crippen MR) is 305 cm³/mol. The van der Waals surface area contributed by atoms with E-state index < -0.39 is 0 Å². The summed E-state index contributed by atoms with van der Waals surface area (Å²) in [7, 11) is 0. The fourth-order valence-corrected chi connectivity index (χ4v) is 11.5. The first-order chi connectivity index (χ1) is 34.1. The van der Waals surface area contributed by atoms with Gasteiger partial charge >= 0.3 is 73.2 Å². The molecule has 0 spiro atoms. The van der Waals surface area contributed by atoms with E-state index in [4.69, 9.17) is 0 Å². The second-order valence-corrected chi connectivity index (χ2v) is 22.5. The van der Waals surface area contributed by atoms with Gasteiger partial charge in [0.15, 0.2) is 0 Å². The topological polar surface area (TPSA) is 36.4 Å². The summed E-state index contributed by atoms with van der Waals surface area (Å²) >= 11 is 1.07. The Balaban J connectivity index is 0.00000238. The monoisotopic (exact) mass is 1040 g/mol. The van der Waals surface area contributed by atoms with Crippen molar-refractivity contribution in [3.8, 4) is 11.8 Å². The van der Waals surface area contributed by atoms with Gasteiger partial charge in [0.25, 0.3) is 0 Å². The zero-order valence-electron chi connectivity index (χ0n) is 46.5. The van der Waals surface area contributed by atoms with E-state index in [-0.39, 0.29) is 0 Å². The van der Waals surface area contributed by atoms with E-state index in [1.807, 2.05) is 0 Å². The van der Waals surface area contributed by atoms with Gasteiger partial charge in [-0.05, 0) is 84.8 Å². The molecule has 0 N–H and O–H groups in total. The van der Waals surface area contributed by atoms with Gasteiger partial charge in [0.05, 0.1) is 5.57 Å². The molecule has 3 heteroatoms. The number of nitrogens with zero attached hydrogens (tertiary/aromatic N) is 2. The first-order valence-electron chi connectivity index (χ1n) is 29.9. The van der Waals surface area contributed by atoms with Gasteiger partial charge in [-0.1, -0.05) is 243 Å². The Labute approximate surface area is 439 Å². The second kappa shape index (κ2) is 50.5. The van der Waals surface area contributed by atoms with Crippen LogP contribution >= 0.6 is 0 Å². The van der Waals surface area contributed by atoms with Gasteiger partial charge in [0.2, 0.25) is 0 Å². The van der Waals surface area contributed by atoms with E-state index in [0.29, 0.717) is 0 Å². The fourth-order valence-electron chi connectivity index (χ4n) is 9.26. The number of allylic oxidation sites excluding steroid dienone is 2.